The van der Waals surface area contributed by atoms with Crippen LogP contribution in [0.5, 0.6) is 0 Å². The Kier molecular flexibility index (Phi) is 6.19. The molecular weight excluding hydrogens is 346 g/mol. The highest BCUT2D eigenvalue weighted by Crippen LogP contribution is 2.28. The van der Waals surface area contributed by atoms with E-state index in [2.05, 4.69) is 15.5 Å². The molecule has 0 saturated heterocycles. The van der Waals surface area contributed by atoms with Crippen molar-refractivity contribution in [2.75, 3.05) is 6.54 Å². The highest BCUT2D eigenvalue weighted by molar-refractivity contribution is 5.67. The summed E-state index contributed by atoms with van der Waals surface area (Å²) in [7, 11) is 0. The molecular formula is C20H21N3O4. The first kappa shape index (κ1) is 18.6. The van der Waals surface area contributed by atoms with E-state index in [-0.39, 0.29) is 13.2 Å². The number of ether oxygens (including phenoxy) is 1. The van der Waals surface area contributed by atoms with Gasteiger partial charge in [0, 0.05) is 18.3 Å². The summed E-state index contributed by atoms with van der Waals surface area (Å²) >= 11 is 0. The fourth-order valence-electron chi connectivity index (χ4n) is 2.69. The monoisotopic (exact) mass is 367 g/mol. The van der Waals surface area contributed by atoms with Crippen LogP contribution in [0.4, 0.5) is 4.79 Å². The van der Waals surface area contributed by atoms with Crippen LogP contribution in [0.25, 0.3) is 11.3 Å². The molecule has 0 bridgehead atoms. The first-order valence-corrected chi connectivity index (χ1v) is 8.54. The molecule has 0 saturated carbocycles. The molecule has 1 aromatic heterocycles. The SMILES string of the molecule is O=C(NCC(O)C(O)c1ccccc1-c1ccn[nH]1)OCc1ccccc1. The molecule has 0 aliphatic carbocycles. The molecule has 0 fully saturated rings. The summed E-state index contributed by atoms with van der Waals surface area (Å²) in [4.78, 5) is 11.8. The van der Waals surface area contributed by atoms with Crippen LogP contribution in [-0.2, 0) is 11.3 Å². The van der Waals surface area contributed by atoms with E-state index in [0.29, 0.717) is 5.56 Å². The smallest absolute Gasteiger partial charge is 0.407 e. The Hall–Kier alpha value is -3.16. The summed E-state index contributed by atoms with van der Waals surface area (Å²) < 4.78 is 5.09. The number of benzene rings is 2. The highest BCUT2D eigenvalue weighted by Gasteiger charge is 2.22. The van der Waals surface area contributed by atoms with Crippen LogP contribution in [0.2, 0.25) is 0 Å². The zero-order valence-electron chi connectivity index (χ0n) is 14.6. The normalized spacial score (nSPS) is 13.0. The van der Waals surface area contributed by atoms with Crippen molar-refractivity contribution in [3.05, 3.63) is 78.0 Å². The average Bonchev–Trinajstić information content (AvgIpc) is 3.25. The second-order valence-corrected chi connectivity index (χ2v) is 6.01. The topological polar surface area (TPSA) is 107 Å². The number of nitrogens with one attached hydrogen (secondary N) is 2. The second-order valence-electron chi connectivity index (χ2n) is 6.01. The van der Waals surface area contributed by atoms with Gasteiger partial charge in [0.2, 0.25) is 0 Å². The third-order valence-electron chi connectivity index (χ3n) is 4.10. The van der Waals surface area contributed by atoms with Crippen molar-refractivity contribution >= 4 is 6.09 Å². The van der Waals surface area contributed by atoms with Gasteiger partial charge in [-0.1, -0.05) is 54.6 Å². The van der Waals surface area contributed by atoms with E-state index >= 15 is 0 Å². The van der Waals surface area contributed by atoms with Crippen LogP contribution in [-0.4, -0.2) is 39.2 Å². The lowest BCUT2D eigenvalue weighted by Crippen LogP contribution is -2.35. The number of hydrogen-bond donors (Lipinski definition) is 4. The number of aliphatic hydroxyl groups is 2. The average molecular weight is 367 g/mol. The van der Waals surface area contributed by atoms with Gasteiger partial charge in [-0.25, -0.2) is 4.79 Å². The van der Waals surface area contributed by atoms with E-state index < -0.39 is 18.3 Å². The molecule has 3 aromatic rings. The fraction of sp³-hybridized carbons (Fsp3) is 0.200. The number of carbonyl (C=O) groups excluding carboxylic acids is 1. The third kappa shape index (κ3) is 4.93. The van der Waals surface area contributed by atoms with Crippen LogP contribution in [0.1, 0.15) is 17.2 Å². The van der Waals surface area contributed by atoms with Crippen LogP contribution in [0.15, 0.2) is 66.9 Å². The summed E-state index contributed by atoms with van der Waals surface area (Å²) in [6.45, 7) is -0.0138. The van der Waals surface area contributed by atoms with E-state index in [0.717, 1.165) is 16.8 Å². The number of aromatic amines is 1. The van der Waals surface area contributed by atoms with Crippen molar-refractivity contribution < 1.29 is 19.7 Å². The van der Waals surface area contributed by atoms with Crippen LogP contribution < -0.4 is 5.32 Å². The first-order valence-electron chi connectivity index (χ1n) is 8.54. The number of amides is 1. The summed E-state index contributed by atoms with van der Waals surface area (Å²) in [5, 5.41) is 30.0. The molecule has 0 aliphatic heterocycles. The summed E-state index contributed by atoms with van der Waals surface area (Å²) in [5.41, 5.74) is 2.86. The molecule has 0 aliphatic rings. The number of aromatic nitrogens is 2. The van der Waals surface area contributed by atoms with Gasteiger partial charge in [-0.15, -0.1) is 0 Å². The van der Waals surface area contributed by atoms with Crippen molar-refractivity contribution in [2.45, 2.75) is 18.8 Å². The van der Waals surface area contributed by atoms with Gasteiger partial charge in [0.05, 0.1) is 5.69 Å². The lowest BCUT2D eigenvalue weighted by molar-refractivity contribution is 0.0187. The molecule has 0 spiro atoms. The summed E-state index contributed by atoms with van der Waals surface area (Å²) in [6.07, 6.45) is -1.43. The molecule has 7 heteroatoms. The highest BCUT2D eigenvalue weighted by atomic mass is 16.5. The standard InChI is InChI=1S/C20H21N3O4/c24-18(12-21-20(26)27-13-14-6-2-1-3-7-14)19(25)16-9-5-4-8-15(16)17-10-11-22-23-17/h1-11,18-19,24-25H,12-13H2,(H,21,26)(H,22,23). The van der Waals surface area contributed by atoms with Gasteiger partial charge < -0.3 is 20.3 Å². The predicted molar refractivity (Wildman–Crippen MR) is 99.6 cm³/mol. The van der Waals surface area contributed by atoms with E-state index in [1.165, 1.54) is 0 Å². The Morgan fingerprint density at radius 1 is 1.07 bits per heavy atom. The number of alkyl carbamates (subject to hydrolysis) is 1. The fourth-order valence-corrected chi connectivity index (χ4v) is 2.69. The van der Waals surface area contributed by atoms with Crippen molar-refractivity contribution in [1.82, 2.24) is 15.5 Å². The minimum Gasteiger partial charge on any atom is -0.445 e. The van der Waals surface area contributed by atoms with Gasteiger partial charge in [0.25, 0.3) is 0 Å². The zero-order chi connectivity index (χ0) is 19.1. The van der Waals surface area contributed by atoms with Crippen molar-refractivity contribution in [3.63, 3.8) is 0 Å². The maximum absolute atomic E-state index is 11.8. The first-order chi connectivity index (χ1) is 13.1. The number of rotatable bonds is 7. The molecule has 2 aromatic carbocycles. The predicted octanol–water partition coefficient (Wildman–Crippen LogP) is 2.40. The Morgan fingerprint density at radius 3 is 2.56 bits per heavy atom. The van der Waals surface area contributed by atoms with E-state index in [4.69, 9.17) is 4.74 Å². The summed E-state index contributed by atoms with van der Waals surface area (Å²) in [6, 6.07) is 18.2. The minimum atomic E-state index is -1.20. The molecule has 3 rings (SSSR count). The molecule has 2 atom stereocenters. The number of hydrogen-bond acceptors (Lipinski definition) is 5. The van der Waals surface area contributed by atoms with Gasteiger partial charge in [-0.05, 0) is 17.2 Å². The summed E-state index contributed by atoms with van der Waals surface area (Å²) in [5.74, 6) is 0. The van der Waals surface area contributed by atoms with Gasteiger partial charge in [0.1, 0.15) is 18.8 Å². The number of nitrogens with zero attached hydrogens (tertiary/aromatic N) is 1. The maximum Gasteiger partial charge on any atom is 0.407 e. The van der Waals surface area contributed by atoms with Gasteiger partial charge in [0.15, 0.2) is 0 Å². The Bertz CT molecular complexity index is 853. The zero-order valence-corrected chi connectivity index (χ0v) is 14.6. The maximum atomic E-state index is 11.8. The van der Waals surface area contributed by atoms with Crippen molar-refractivity contribution in [2.24, 2.45) is 0 Å². The number of H-pyrrole nitrogens is 1. The number of carbonyl (C=O) groups is 1. The molecule has 140 valence electrons. The molecule has 1 amide bonds. The molecule has 7 nitrogen and oxygen atoms in total. The molecule has 2 unspecified atom stereocenters. The quantitative estimate of drug-likeness (QED) is 0.513. The van der Waals surface area contributed by atoms with Crippen LogP contribution in [0, 0.1) is 0 Å². The van der Waals surface area contributed by atoms with E-state index in [9.17, 15) is 15.0 Å². The van der Waals surface area contributed by atoms with Gasteiger partial charge >= 0.3 is 6.09 Å². The number of aliphatic hydroxyl groups excluding tert-OH is 2. The molecule has 4 N–H and O–H groups in total. The van der Waals surface area contributed by atoms with E-state index in [1.807, 2.05) is 42.5 Å². The Labute approximate surface area is 156 Å². The molecule has 27 heavy (non-hydrogen) atoms. The molecule has 1 heterocycles. The van der Waals surface area contributed by atoms with Crippen molar-refractivity contribution in [3.8, 4) is 11.3 Å². The Morgan fingerprint density at radius 2 is 1.81 bits per heavy atom. The van der Waals surface area contributed by atoms with Crippen molar-refractivity contribution in [1.29, 1.82) is 0 Å². The second kappa shape index (κ2) is 8.98. The largest absolute Gasteiger partial charge is 0.445 e. The third-order valence-corrected chi connectivity index (χ3v) is 4.10. The van der Waals surface area contributed by atoms with Gasteiger partial charge in [-0.3, -0.25) is 5.10 Å². The molecule has 0 radical (unpaired) electrons. The lowest BCUT2D eigenvalue weighted by Gasteiger charge is -2.20. The minimum absolute atomic E-state index is 0.133. The Balaban J connectivity index is 1.55. The van der Waals surface area contributed by atoms with Gasteiger partial charge in [-0.2, -0.15) is 5.10 Å². The van der Waals surface area contributed by atoms with Crippen LogP contribution >= 0.6 is 0 Å². The van der Waals surface area contributed by atoms with Crippen LogP contribution in [0.3, 0.4) is 0 Å². The van der Waals surface area contributed by atoms with E-state index in [1.54, 1.807) is 24.4 Å². The lowest BCUT2D eigenvalue weighted by atomic mass is 9.96.